The van der Waals surface area contributed by atoms with Crippen LogP contribution >= 0.6 is 0 Å². The Labute approximate surface area is 123 Å². The Kier molecular flexibility index (Phi) is 4.28. The quantitative estimate of drug-likeness (QED) is 0.641. The van der Waals surface area contributed by atoms with Gasteiger partial charge in [0.25, 0.3) is 0 Å². The number of carbonyl (C=O) groups excluding carboxylic acids is 1. The summed E-state index contributed by atoms with van der Waals surface area (Å²) in [5.41, 5.74) is 1.16. The molecule has 0 atom stereocenters. The number of methoxy groups -OCH3 is 1. The average Bonchev–Trinajstić information content (AvgIpc) is 2.46. The van der Waals surface area contributed by atoms with Crippen molar-refractivity contribution < 1.29 is 22.1 Å². The van der Waals surface area contributed by atoms with Gasteiger partial charge < -0.3 is 8.92 Å². The van der Waals surface area contributed by atoms with Crippen LogP contribution in [0.1, 0.15) is 15.9 Å². The van der Waals surface area contributed by atoms with Crippen molar-refractivity contribution in [2.24, 2.45) is 0 Å². The molecular weight excluding hydrogens is 292 g/mol. The van der Waals surface area contributed by atoms with Crippen LogP contribution in [0.15, 0.2) is 53.4 Å². The van der Waals surface area contributed by atoms with E-state index < -0.39 is 16.1 Å². The number of hydrogen-bond acceptors (Lipinski definition) is 5. The zero-order valence-corrected chi connectivity index (χ0v) is 12.4. The van der Waals surface area contributed by atoms with Crippen molar-refractivity contribution in [3.8, 4) is 5.75 Å². The average molecular weight is 306 g/mol. The van der Waals surface area contributed by atoms with Crippen LogP contribution in [0.3, 0.4) is 0 Å². The van der Waals surface area contributed by atoms with Gasteiger partial charge in [0.1, 0.15) is 10.6 Å². The summed E-state index contributed by atoms with van der Waals surface area (Å²) in [5, 5.41) is 0. The molecule has 6 heteroatoms. The first-order valence-electron chi connectivity index (χ1n) is 6.12. The maximum absolute atomic E-state index is 12.1. The molecule has 0 radical (unpaired) electrons. The molecule has 110 valence electrons. The molecule has 0 fully saturated rings. The van der Waals surface area contributed by atoms with Gasteiger partial charge in [-0.2, -0.15) is 8.42 Å². The highest BCUT2D eigenvalue weighted by Gasteiger charge is 2.17. The third kappa shape index (κ3) is 3.61. The van der Waals surface area contributed by atoms with E-state index >= 15 is 0 Å². The molecule has 0 heterocycles. The van der Waals surface area contributed by atoms with Crippen LogP contribution in [-0.2, 0) is 14.9 Å². The molecule has 2 rings (SSSR count). The van der Waals surface area contributed by atoms with E-state index in [4.69, 9.17) is 4.18 Å². The van der Waals surface area contributed by atoms with Gasteiger partial charge in [-0.3, -0.25) is 0 Å². The Morgan fingerprint density at radius 2 is 1.71 bits per heavy atom. The molecule has 21 heavy (non-hydrogen) atoms. The SMILES string of the molecule is COC(=O)c1cccc(OS(=O)(=O)c2ccc(C)cc2)c1. The molecule has 2 aromatic rings. The van der Waals surface area contributed by atoms with E-state index in [1.807, 2.05) is 6.92 Å². The number of ether oxygens (including phenoxy) is 1. The van der Waals surface area contributed by atoms with Gasteiger partial charge in [-0.25, -0.2) is 4.79 Å². The second-order valence-electron chi connectivity index (χ2n) is 4.37. The van der Waals surface area contributed by atoms with Gasteiger partial charge >= 0.3 is 16.1 Å². The third-order valence-corrected chi connectivity index (χ3v) is 4.03. The third-order valence-electron chi connectivity index (χ3n) is 2.77. The lowest BCUT2D eigenvalue weighted by Crippen LogP contribution is -2.10. The number of esters is 1. The van der Waals surface area contributed by atoms with Crippen LogP contribution < -0.4 is 4.18 Å². The topological polar surface area (TPSA) is 69.7 Å². The van der Waals surface area contributed by atoms with Gasteiger partial charge in [-0.1, -0.05) is 23.8 Å². The molecule has 5 nitrogen and oxygen atoms in total. The monoisotopic (exact) mass is 306 g/mol. The molecule has 0 N–H and O–H groups in total. The van der Waals surface area contributed by atoms with E-state index in [0.717, 1.165) is 5.56 Å². The number of benzene rings is 2. The summed E-state index contributed by atoms with van der Waals surface area (Å²) in [6.07, 6.45) is 0. The second-order valence-corrected chi connectivity index (χ2v) is 5.92. The van der Waals surface area contributed by atoms with Crippen LogP contribution in [-0.4, -0.2) is 21.5 Å². The smallest absolute Gasteiger partial charge is 0.339 e. The predicted octanol–water partition coefficient (Wildman–Crippen LogP) is 2.55. The Bertz CT molecular complexity index is 748. The Morgan fingerprint density at radius 1 is 1.05 bits per heavy atom. The zero-order valence-electron chi connectivity index (χ0n) is 11.6. The molecule has 0 aromatic heterocycles. The molecule has 0 spiro atoms. The fourth-order valence-corrected chi connectivity index (χ4v) is 2.60. The number of hydrogen-bond donors (Lipinski definition) is 0. The highest BCUT2D eigenvalue weighted by Crippen LogP contribution is 2.20. The first kappa shape index (κ1) is 15.1. The van der Waals surface area contributed by atoms with E-state index in [9.17, 15) is 13.2 Å². The van der Waals surface area contributed by atoms with Crippen molar-refractivity contribution >= 4 is 16.1 Å². The molecule has 0 saturated carbocycles. The van der Waals surface area contributed by atoms with Crippen molar-refractivity contribution in [1.29, 1.82) is 0 Å². The summed E-state index contributed by atoms with van der Waals surface area (Å²) < 4.78 is 33.9. The molecule has 0 aliphatic heterocycles. The van der Waals surface area contributed by atoms with Crippen LogP contribution in [0.25, 0.3) is 0 Å². The molecule has 0 amide bonds. The first-order valence-corrected chi connectivity index (χ1v) is 7.53. The van der Waals surface area contributed by atoms with E-state index in [-0.39, 0.29) is 16.2 Å². The molecule has 0 bridgehead atoms. The maximum Gasteiger partial charge on any atom is 0.339 e. The largest absolute Gasteiger partial charge is 0.465 e. The van der Waals surface area contributed by atoms with Crippen molar-refractivity contribution in [3.63, 3.8) is 0 Å². The summed E-state index contributed by atoms with van der Waals surface area (Å²) in [6.45, 7) is 1.86. The number of carbonyl (C=O) groups is 1. The molecule has 2 aromatic carbocycles. The van der Waals surface area contributed by atoms with Crippen molar-refractivity contribution in [2.45, 2.75) is 11.8 Å². The summed E-state index contributed by atoms with van der Waals surface area (Å²) in [4.78, 5) is 11.5. The Hall–Kier alpha value is -2.34. The summed E-state index contributed by atoms with van der Waals surface area (Å²) in [6, 6.07) is 12.1. The highest BCUT2D eigenvalue weighted by molar-refractivity contribution is 7.87. The lowest BCUT2D eigenvalue weighted by Gasteiger charge is -2.08. The van der Waals surface area contributed by atoms with E-state index in [2.05, 4.69) is 4.74 Å². The number of rotatable bonds is 4. The maximum atomic E-state index is 12.1. The van der Waals surface area contributed by atoms with Gasteiger partial charge in [0.05, 0.1) is 12.7 Å². The Balaban J connectivity index is 2.28. The van der Waals surface area contributed by atoms with Gasteiger partial charge in [0.2, 0.25) is 0 Å². The van der Waals surface area contributed by atoms with Crippen molar-refractivity contribution in [1.82, 2.24) is 0 Å². The molecule has 0 aliphatic rings. The highest BCUT2D eigenvalue weighted by atomic mass is 32.2. The van der Waals surface area contributed by atoms with Gasteiger partial charge in [0.15, 0.2) is 0 Å². The molecule has 0 unspecified atom stereocenters. The fraction of sp³-hybridized carbons (Fsp3) is 0.133. The van der Waals surface area contributed by atoms with Crippen LogP contribution in [0.2, 0.25) is 0 Å². The predicted molar refractivity (Wildman–Crippen MR) is 76.8 cm³/mol. The summed E-state index contributed by atoms with van der Waals surface area (Å²) in [5.74, 6) is -0.508. The van der Waals surface area contributed by atoms with E-state index in [1.165, 1.54) is 43.5 Å². The first-order chi connectivity index (χ1) is 9.92. The lowest BCUT2D eigenvalue weighted by molar-refractivity contribution is 0.0600. The second kappa shape index (κ2) is 5.97. The van der Waals surface area contributed by atoms with Crippen molar-refractivity contribution in [3.05, 3.63) is 59.7 Å². The van der Waals surface area contributed by atoms with E-state index in [1.54, 1.807) is 12.1 Å². The van der Waals surface area contributed by atoms with Crippen LogP contribution in [0.5, 0.6) is 5.75 Å². The van der Waals surface area contributed by atoms with Gasteiger partial charge in [-0.05, 0) is 37.3 Å². The normalized spacial score (nSPS) is 11.0. The minimum Gasteiger partial charge on any atom is -0.465 e. The van der Waals surface area contributed by atoms with Crippen molar-refractivity contribution in [2.75, 3.05) is 7.11 Å². The van der Waals surface area contributed by atoms with Crippen LogP contribution in [0, 0.1) is 6.92 Å². The Morgan fingerprint density at radius 3 is 2.33 bits per heavy atom. The summed E-state index contributed by atoms with van der Waals surface area (Å²) in [7, 11) is -2.68. The van der Waals surface area contributed by atoms with E-state index in [0.29, 0.717) is 0 Å². The minimum absolute atomic E-state index is 0.0524. The molecule has 0 saturated heterocycles. The van der Waals surface area contributed by atoms with Crippen LogP contribution in [0.4, 0.5) is 0 Å². The standard InChI is InChI=1S/C15H14O5S/c1-11-6-8-14(9-7-11)21(17,18)20-13-5-3-4-12(10-13)15(16)19-2/h3-10H,1-2H3. The van der Waals surface area contributed by atoms with Gasteiger partial charge in [0, 0.05) is 0 Å². The minimum atomic E-state index is -3.93. The molecule has 0 aliphatic carbocycles. The lowest BCUT2D eigenvalue weighted by atomic mass is 10.2. The molecular formula is C15H14O5S. The number of aryl methyl sites for hydroxylation is 1. The van der Waals surface area contributed by atoms with Gasteiger partial charge in [-0.15, -0.1) is 0 Å². The zero-order chi connectivity index (χ0) is 15.5. The fourth-order valence-electron chi connectivity index (χ4n) is 1.67. The summed E-state index contributed by atoms with van der Waals surface area (Å²) >= 11 is 0.